The van der Waals surface area contributed by atoms with E-state index in [1.165, 1.54) is 0 Å². The summed E-state index contributed by atoms with van der Waals surface area (Å²) >= 11 is 0. The smallest absolute Gasteiger partial charge is 0.111 e. The Morgan fingerprint density at radius 3 is 1.07 bits per heavy atom. The second-order valence-electron chi connectivity index (χ2n) is 2.97. The Hall–Kier alpha value is -0.280. The molecule has 7 heteroatoms. The van der Waals surface area contributed by atoms with Gasteiger partial charge in [0.1, 0.15) is 30.5 Å². The predicted octanol–water partition coefficient (Wildman–Crippen LogP) is -4.22. The number of hydrogen-bond donors (Lipinski definition) is 7. The molecule has 0 spiro atoms. The molecule has 0 amide bonds. The highest BCUT2D eigenvalue weighted by molar-refractivity contribution is 4.84. The van der Waals surface area contributed by atoms with Gasteiger partial charge in [-0.3, -0.25) is 0 Å². The standard InChI is InChI=1S/C7H16O7/c8-1-3(10)5(12)7(14)6(13)4(11)2-9/h3-14H,1-2H2/t3-,4-,5+,6+/m0/s1. The van der Waals surface area contributed by atoms with E-state index in [9.17, 15) is 0 Å². The molecular formula is C7H16O7. The van der Waals surface area contributed by atoms with Gasteiger partial charge in [-0.15, -0.1) is 0 Å². The van der Waals surface area contributed by atoms with Gasteiger partial charge < -0.3 is 35.7 Å². The number of aliphatic hydroxyl groups is 7. The fourth-order valence-electron chi connectivity index (χ4n) is 0.873. The summed E-state index contributed by atoms with van der Waals surface area (Å²) in [7, 11) is 0. The third-order valence-corrected chi connectivity index (χ3v) is 1.86. The van der Waals surface area contributed by atoms with Crippen molar-refractivity contribution in [1.82, 2.24) is 0 Å². The predicted molar refractivity (Wildman–Crippen MR) is 44.2 cm³/mol. The van der Waals surface area contributed by atoms with E-state index >= 15 is 0 Å². The van der Waals surface area contributed by atoms with Crippen molar-refractivity contribution < 1.29 is 35.7 Å². The highest BCUT2D eigenvalue weighted by Crippen LogP contribution is 2.07. The second kappa shape index (κ2) is 6.25. The van der Waals surface area contributed by atoms with Crippen molar-refractivity contribution in [3.8, 4) is 0 Å². The van der Waals surface area contributed by atoms with Crippen LogP contribution in [-0.2, 0) is 0 Å². The van der Waals surface area contributed by atoms with E-state index in [-0.39, 0.29) is 0 Å². The molecule has 0 heterocycles. The third kappa shape index (κ3) is 3.46. The minimum atomic E-state index is -1.85. The molecular weight excluding hydrogens is 196 g/mol. The lowest BCUT2D eigenvalue weighted by molar-refractivity contribution is -0.145. The molecule has 0 rings (SSSR count). The Bertz CT molecular complexity index is 137. The average Bonchev–Trinajstić information content (AvgIpc) is 2.23. The molecule has 86 valence electrons. The number of aliphatic hydroxyl groups excluding tert-OH is 7. The minimum absolute atomic E-state index is 0.792. The molecule has 0 aliphatic heterocycles. The Kier molecular flexibility index (Phi) is 6.12. The summed E-state index contributed by atoms with van der Waals surface area (Å²) < 4.78 is 0. The summed E-state index contributed by atoms with van der Waals surface area (Å²) in [5, 5.41) is 61.9. The molecule has 0 aromatic heterocycles. The van der Waals surface area contributed by atoms with Gasteiger partial charge in [0, 0.05) is 0 Å². The van der Waals surface area contributed by atoms with Gasteiger partial charge in [-0.2, -0.15) is 0 Å². The van der Waals surface area contributed by atoms with Crippen molar-refractivity contribution in [3.05, 3.63) is 0 Å². The first-order valence-electron chi connectivity index (χ1n) is 4.07. The molecule has 0 bridgehead atoms. The van der Waals surface area contributed by atoms with E-state index in [4.69, 9.17) is 35.7 Å². The van der Waals surface area contributed by atoms with Crippen LogP contribution in [0.15, 0.2) is 0 Å². The lowest BCUT2D eigenvalue weighted by atomic mass is 10.00. The summed E-state index contributed by atoms with van der Waals surface area (Å²) in [6.45, 7) is -1.58. The third-order valence-electron chi connectivity index (χ3n) is 1.86. The second-order valence-corrected chi connectivity index (χ2v) is 2.97. The van der Waals surface area contributed by atoms with Crippen molar-refractivity contribution >= 4 is 0 Å². The van der Waals surface area contributed by atoms with E-state index in [0.29, 0.717) is 0 Å². The molecule has 14 heavy (non-hydrogen) atoms. The maximum atomic E-state index is 9.15. The lowest BCUT2D eigenvalue weighted by Crippen LogP contribution is -2.50. The molecule has 0 radical (unpaired) electrons. The fourth-order valence-corrected chi connectivity index (χ4v) is 0.873. The van der Waals surface area contributed by atoms with Crippen LogP contribution < -0.4 is 0 Å². The maximum Gasteiger partial charge on any atom is 0.111 e. The van der Waals surface area contributed by atoms with E-state index < -0.39 is 43.7 Å². The maximum absolute atomic E-state index is 9.15. The number of hydrogen-bond acceptors (Lipinski definition) is 7. The Morgan fingerprint density at radius 2 is 0.857 bits per heavy atom. The summed E-state index contributed by atoms with van der Waals surface area (Å²) in [6.07, 6.45) is -8.68. The zero-order valence-electron chi connectivity index (χ0n) is 7.43. The minimum Gasteiger partial charge on any atom is -0.394 e. The van der Waals surface area contributed by atoms with Gasteiger partial charge in [0.2, 0.25) is 0 Å². The zero-order valence-corrected chi connectivity index (χ0v) is 7.43. The molecule has 0 unspecified atom stereocenters. The first-order chi connectivity index (χ1) is 6.45. The van der Waals surface area contributed by atoms with E-state index in [2.05, 4.69) is 0 Å². The van der Waals surface area contributed by atoms with E-state index in [1.807, 2.05) is 0 Å². The van der Waals surface area contributed by atoms with Gasteiger partial charge in [-0.1, -0.05) is 0 Å². The van der Waals surface area contributed by atoms with Crippen LogP contribution in [0.25, 0.3) is 0 Å². The van der Waals surface area contributed by atoms with Crippen LogP contribution in [0, 0.1) is 0 Å². The summed E-state index contributed by atoms with van der Waals surface area (Å²) in [5.74, 6) is 0. The van der Waals surface area contributed by atoms with Crippen LogP contribution >= 0.6 is 0 Å². The normalized spacial score (nSPS) is 20.6. The van der Waals surface area contributed by atoms with E-state index in [1.54, 1.807) is 0 Å². The first-order valence-corrected chi connectivity index (χ1v) is 4.07. The molecule has 7 nitrogen and oxygen atoms in total. The summed E-state index contributed by atoms with van der Waals surface area (Å²) in [4.78, 5) is 0. The molecule has 0 saturated carbocycles. The van der Waals surface area contributed by atoms with Gasteiger partial charge >= 0.3 is 0 Å². The van der Waals surface area contributed by atoms with Gasteiger partial charge in [0.25, 0.3) is 0 Å². The summed E-state index contributed by atoms with van der Waals surface area (Å²) in [5.41, 5.74) is 0. The van der Waals surface area contributed by atoms with Crippen LogP contribution in [0.3, 0.4) is 0 Å². The van der Waals surface area contributed by atoms with Crippen LogP contribution in [-0.4, -0.2) is 79.5 Å². The topological polar surface area (TPSA) is 142 Å². The monoisotopic (exact) mass is 212 g/mol. The van der Waals surface area contributed by atoms with E-state index in [0.717, 1.165) is 0 Å². The van der Waals surface area contributed by atoms with Crippen molar-refractivity contribution in [2.75, 3.05) is 13.2 Å². The quantitative estimate of drug-likeness (QED) is 0.236. The summed E-state index contributed by atoms with van der Waals surface area (Å²) in [6, 6.07) is 0. The van der Waals surface area contributed by atoms with Gasteiger partial charge in [0.05, 0.1) is 13.2 Å². The van der Waals surface area contributed by atoms with Crippen LogP contribution in [0.2, 0.25) is 0 Å². The Morgan fingerprint density at radius 1 is 0.571 bits per heavy atom. The Balaban J connectivity index is 4.22. The van der Waals surface area contributed by atoms with Crippen LogP contribution in [0.1, 0.15) is 0 Å². The van der Waals surface area contributed by atoms with Crippen LogP contribution in [0.5, 0.6) is 0 Å². The van der Waals surface area contributed by atoms with Crippen molar-refractivity contribution in [1.29, 1.82) is 0 Å². The fraction of sp³-hybridized carbons (Fsp3) is 1.00. The van der Waals surface area contributed by atoms with Gasteiger partial charge in [-0.05, 0) is 0 Å². The molecule has 0 aromatic carbocycles. The highest BCUT2D eigenvalue weighted by atomic mass is 16.4. The highest BCUT2D eigenvalue weighted by Gasteiger charge is 2.33. The molecule has 4 atom stereocenters. The number of rotatable bonds is 6. The SMILES string of the molecule is OC[C@H](O)[C@@H](O)C(O)[C@H](O)[C@@H](O)CO. The van der Waals surface area contributed by atoms with Crippen LogP contribution in [0.4, 0.5) is 0 Å². The van der Waals surface area contributed by atoms with Crippen molar-refractivity contribution in [2.24, 2.45) is 0 Å². The molecule has 0 saturated heterocycles. The average molecular weight is 212 g/mol. The first kappa shape index (κ1) is 13.7. The molecule has 0 aromatic rings. The van der Waals surface area contributed by atoms with Gasteiger partial charge in [0.15, 0.2) is 0 Å². The van der Waals surface area contributed by atoms with Crippen molar-refractivity contribution in [2.45, 2.75) is 30.5 Å². The molecule has 0 aliphatic carbocycles. The molecule has 7 N–H and O–H groups in total. The van der Waals surface area contributed by atoms with Crippen molar-refractivity contribution in [3.63, 3.8) is 0 Å². The Labute approximate surface area is 80.5 Å². The lowest BCUT2D eigenvalue weighted by Gasteiger charge is -2.27. The molecule has 0 aliphatic rings. The van der Waals surface area contributed by atoms with Gasteiger partial charge in [-0.25, -0.2) is 0 Å². The molecule has 0 fully saturated rings. The zero-order chi connectivity index (χ0) is 11.3. The largest absolute Gasteiger partial charge is 0.394 e.